The average molecular weight is 488 g/mol. The van der Waals surface area contributed by atoms with Crippen LogP contribution in [0.2, 0.25) is 5.02 Å². The molecule has 2 heterocycles. The maximum atomic E-state index is 12.9. The molecule has 6 nitrogen and oxygen atoms in total. The lowest BCUT2D eigenvalue weighted by Crippen LogP contribution is -2.52. The Balaban J connectivity index is 1.95. The first-order valence-electron chi connectivity index (χ1n) is 9.80. The van der Waals surface area contributed by atoms with Gasteiger partial charge < -0.3 is 14.4 Å². The summed E-state index contributed by atoms with van der Waals surface area (Å²) in [6, 6.07) is 3.84. The van der Waals surface area contributed by atoms with E-state index in [1.165, 1.54) is 17.6 Å². The third-order valence-electron chi connectivity index (χ3n) is 5.54. The number of rotatable bonds is 2. The predicted molar refractivity (Wildman–Crippen MR) is 117 cm³/mol. The molecule has 0 saturated carbocycles. The normalized spacial score (nSPS) is 24.3. The highest BCUT2D eigenvalue weighted by atomic mass is 79.9. The smallest absolute Gasteiger partial charge is 0.411 e. The van der Waals surface area contributed by atoms with Crippen LogP contribution in [-0.4, -0.2) is 54.3 Å². The van der Waals surface area contributed by atoms with Crippen molar-refractivity contribution in [3.05, 3.63) is 27.2 Å². The fourth-order valence-electron chi connectivity index (χ4n) is 4.31. The number of halogens is 2. The number of nitrogens with zero attached hydrogens (tertiary/aromatic N) is 2. The van der Waals surface area contributed by atoms with Crippen LogP contribution in [0.5, 0.6) is 0 Å². The first-order valence-corrected chi connectivity index (χ1v) is 11.0. The molecule has 2 aliphatic rings. The maximum Gasteiger partial charge on any atom is 0.411 e. The van der Waals surface area contributed by atoms with Crippen LogP contribution in [-0.2, 0) is 20.7 Å². The van der Waals surface area contributed by atoms with E-state index in [1.807, 2.05) is 32.9 Å². The SMILES string of the molecule is COC(=O)C1(C)CC(N2CCCc3cc(Cl)cc(Br)c32)CN1C(=O)OC(C)(C)C. The van der Waals surface area contributed by atoms with Gasteiger partial charge in [0.2, 0.25) is 0 Å². The number of carbonyl (C=O) groups is 2. The molecule has 8 heteroatoms. The van der Waals surface area contributed by atoms with Gasteiger partial charge in [0.25, 0.3) is 0 Å². The second-order valence-corrected chi connectivity index (χ2v) is 10.2. The number of anilines is 1. The molecule has 0 bridgehead atoms. The standard InChI is InChI=1S/C21H28BrClN2O4/c1-20(2,3)29-19(27)25-12-15(11-21(25,4)18(26)28-5)24-8-6-7-13-9-14(23)10-16(22)17(13)24/h9-10,15H,6-8,11-12H2,1-5H3. The highest BCUT2D eigenvalue weighted by Crippen LogP contribution is 2.42. The second-order valence-electron chi connectivity index (χ2n) is 8.91. The molecular formula is C21H28BrClN2O4. The third-order valence-corrected chi connectivity index (χ3v) is 6.36. The number of methoxy groups -OCH3 is 1. The van der Waals surface area contributed by atoms with E-state index in [2.05, 4.69) is 20.8 Å². The van der Waals surface area contributed by atoms with Gasteiger partial charge in [-0.1, -0.05) is 11.6 Å². The molecule has 2 aliphatic heterocycles. The Labute approximate surface area is 185 Å². The summed E-state index contributed by atoms with van der Waals surface area (Å²) >= 11 is 9.89. The van der Waals surface area contributed by atoms with Crippen molar-refractivity contribution in [2.45, 2.75) is 64.1 Å². The number of esters is 1. The van der Waals surface area contributed by atoms with Gasteiger partial charge in [-0.2, -0.15) is 0 Å². The zero-order valence-electron chi connectivity index (χ0n) is 17.6. The number of benzene rings is 1. The summed E-state index contributed by atoms with van der Waals surface area (Å²) in [5.74, 6) is -0.432. The van der Waals surface area contributed by atoms with Gasteiger partial charge in [-0.25, -0.2) is 9.59 Å². The van der Waals surface area contributed by atoms with Crippen molar-refractivity contribution in [3.63, 3.8) is 0 Å². The Morgan fingerprint density at radius 2 is 2.00 bits per heavy atom. The van der Waals surface area contributed by atoms with Crippen LogP contribution in [0.3, 0.4) is 0 Å². The summed E-state index contributed by atoms with van der Waals surface area (Å²) in [5.41, 5.74) is 0.525. The molecule has 1 aromatic carbocycles. The molecule has 29 heavy (non-hydrogen) atoms. The van der Waals surface area contributed by atoms with Crippen molar-refractivity contribution in [1.82, 2.24) is 4.90 Å². The number of ether oxygens (including phenoxy) is 2. The van der Waals surface area contributed by atoms with Gasteiger partial charge in [0, 0.05) is 35.0 Å². The quantitative estimate of drug-likeness (QED) is 0.561. The van der Waals surface area contributed by atoms with Crippen molar-refractivity contribution in [1.29, 1.82) is 0 Å². The molecule has 3 rings (SSSR count). The van der Waals surface area contributed by atoms with Gasteiger partial charge in [0.05, 0.1) is 12.8 Å². The Morgan fingerprint density at radius 3 is 2.62 bits per heavy atom. The number of carbonyl (C=O) groups excluding carboxylic acids is 2. The lowest BCUT2D eigenvalue weighted by Gasteiger charge is -2.37. The molecule has 2 unspecified atom stereocenters. The lowest BCUT2D eigenvalue weighted by atomic mass is 9.94. The Kier molecular flexibility index (Phi) is 6.12. The van der Waals surface area contributed by atoms with Gasteiger partial charge >= 0.3 is 12.1 Å². The zero-order chi connectivity index (χ0) is 21.6. The van der Waals surface area contributed by atoms with E-state index in [-0.39, 0.29) is 6.04 Å². The van der Waals surface area contributed by atoms with Crippen LogP contribution < -0.4 is 4.90 Å². The topological polar surface area (TPSA) is 59.1 Å². The molecule has 1 amide bonds. The van der Waals surface area contributed by atoms with Crippen LogP contribution in [0, 0.1) is 0 Å². The first kappa shape index (κ1) is 22.2. The van der Waals surface area contributed by atoms with Crippen molar-refractivity contribution < 1.29 is 19.1 Å². The molecule has 1 aromatic rings. The summed E-state index contributed by atoms with van der Waals surface area (Å²) < 4.78 is 11.6. The van der Waals surface area contributed by atoms with Gasteiger partial charge in [0.15, 0.2) is 0 Å². The van der Waals surface area contributed by atoms with E-state index < -0.39 is 23.2 Å². The predicted octanol–water partition coefficient (Wildman–Crippen LogP) is 4.80. The maximum absolute atomic E-state index is 12.9. The van der Waals surface area contributed by atoms with Crippen molar-refractivity contribution in [3.8, 4) is 0 Å². The third kappa shape index (κ3) is 4.36. The van der Waals surface area contributed by atoms with Crippen LogP contribution >= 0.6 is 27.5 Å². The van der Waals surface area contributed by atoms with Gasteiger partial charge in [0.1, 0.15) is 11.1 Å². The van der Waals surface area contributed by atoms with Gasteiger partial charge in [-0.15, -0.1) is 0 Å². The Morgan fingerprint density at radius 1 is 1.31 bits per heavy atom. The summed E-state index contributed by atoms with van der Waals surface area (Å²) in [4.78, 5) is 29.4. The largest absolute Gasteiger partial charge is 0.467 e. The number of aryl methyl sites for hydroxylation is 1. The van der Waals surface area contributed by atoms with Crippen LogP contribution in [0.1, 0.15) is 46.1 Å². The summed E-state index contributed by atoms with van der Waals surface area (Å²) in [6.07, 6.45) is 1.90. The minimum Gasteiger partial charge on any atom is -0.467 e. The lowest BCUT2D eigenvalue weighted by molar-refractivity contribution is -0.152. The number of hydrogen-bond donors (Lipinski definition) is 0. The van der Waals surface area contributed by atoms with Gasteiger partial charge in [-0.05, 0) is 74.2 Å². The van der Waals surface area contributed by atoms with Crippen molar-refractivity contribution in [2.75, 3.05) is 25.1 Å². The second kappa shape index (κ2) is 7.99. The fourth-order valence-corrected chi connectivity index (χ4v) is 5.41. The number of amides is 1. The van der Waals surface area contributed by atoms with Crippen molar-refractivity contribution in [2.24, 2.45) is 0 Å². The van der Waals surface area contributed by atoms with Gasteiger partial charge in [-0.3, -0.25) is 4.90 Å². The molecule has 0 radical (unpaired) electrons. The zero-order valence-corrected chi connectivity index (χ0v) is 19.9. The monoisotopic (exact) mass is 486 g/mol. The van der Waals surface area contributed by atoms with E-state index in [1.54, 1.807) is 6.92 Å². The number of fused-ring (bicyclic) bond motifs is 1. The molecule has 160 valence electrons. The van der Waals surface area contributed by atoms with E-state index in [9.17, 15) is 9.59 Å². The molecular weight excluding hydrogens is 460 g/mol. The van der Waals surface area contributed by atoms with Crippen molar-refractivity contribution >= 4 is 45.3 Å². The fraction of sp³-hybridized carbons (Fsp3) is 0.619. The molecule has 0 N–H and O–H groups in total. The summed E-state index contributed by atoms with van der Waals surface area (Å²) in [7, 11) is 1.35. The highest BCUT2D eigenvalue weighted by Gasteiger charge is 2.53. The molecule has 0 spiro atoms. The van der Waals surface area contributed by atoms with E-state index in [0.717, 1.165) is 29.5 Å². The molecule has 0 aromatic heterocycles. The molecule has 1 fully saturated rings. The minimum atomic E-state index is -1.09. The number of likely N-dealkylation sites (tertiary alicyclic amines) is 1. The molecule has 0 aliphatic carbocycles. The number of hydrogen-bond acceptors (Lipinski definition) is 5. The molecule has 2 atom stereocenters. The Hall–Kier alpha value is -1.47. The first-order chi connectivity index (χ1) is 13.5. The molecule has 1 saturated heterocycles. The van der Waals surface area contributed by atoms with E-state index in [0.29, 0.717) is 18.0 Å². The average Bonchev–Trinajstić information content (AvgIpc) is 2.97. The highest BCUT2D eigenvalue weighted by molar-refractivity contribution is 9.10. The van der Waals surface area contributed by atoms with E-state index in [4.69, 9.17) is 21.1 Å². The van der Waals surface area contributed by atoms with E-state index >= 15 is 0 Å². The minimum absolute atomic E-state index is 0.0388. The Bertz CT molecular complexity index is 826. The van der Waals surface area contributed by atoms with Crippen LogP contribution in [0.25, 0.3) is 0 Å². The van der Waals surface area contributed by atoms with Crippen LogP contribution in [0.4, 0.5) is 10.5 Å². The summed E-state index contributed by atoms with van der Waals surface area (Å²) in [6.45, 7) is 8.43. The van der Waals surface area contributed by atoms with Crippen LogP contribution in [0.15, 0.2) is 16.6 Å². The summed E-state index contributed by atoms with van der Waals surface area (Å²) in [5, 5.41) is 0.693.